The van der Waals surface area contributed by atoms with E-state index in [0.29, 0.717) is 5.04 Å². The first kappa shape index (κ1) is 18.7. The van der Waals surface area contributed by atoms with Crippen molar-refractivity contribution in [2.24, 2.45) is 0 Å². The molecule has 0 fully saturated rings. The number of benzene rings is 1. The summed E-state index contributed by atoms with van der Waals surface area (Å²) < 4.78 is 7.30. The van der Waals surface area contributed by atoms with Gasteiger partial charge in [-0.15, -0.1) is 0 Å². The SMILES string of the molecule is CC(C)(C)[Si](C)(C)OCC/C=C/CCc1ccc(Br)cc1. The van der Waals surface area contributed by atoms with Gasteiger partial charge in [-0.1, -0.05) is 61.0 Å². The molecular formula is C18H29BrOSi. The van der Waals surface area contributed by atoms with Gasteiger partial charge in [0.15, 0.2) is 8.32 Å². The predicted octanol–water partition coefficient (Wildman–Crippen LogP) is 6.35. The van der Waals surface area contributed by atoms with Gasteiger partial charge in [0.1, 0.15) is 0 Å². The predicted molar refractivity (Wildman–Crippen MR) is 99.4 cm³/mol. The average molecular weight is 369 g/mol. The number of hydrogen-bond acceptors (Lipinski definition) is 1. The maximum Gasteiger partial charge on any atom is 0.191 e. The van der Waals surface area contributed by atoms with Crippen LogP contribution in [0.3, 0.4) is 0 Å². The van der Waals surface area contributed by atoms with E-state index in [1.807, 2.05) is 0 Å². The Bertz CT molecular complexity index is 443. The molecule has 118 valence electrons. The lowest BCUT2D eigenvalue weighted by molar-refractivity contribution is 0.294. The zero-order valence-electron chi connectivity index (χ0n) is 14.1. The van der Waals surface area contributed by atoms with Gasteiger partial charge in [0.05, 0.1) is 0 Å². The van der Waals surface area contributed by atoms with Gasteiger partial charge in [-0.3, -0.25) is 0 Å². The Morgan fingerprint density at radius 3 is 2.19 bits per heavy atom. The van der Waals surface area contributed by atoms with E-state index in [4.69, 9.17) is 4.43 Å². The average Bonchev–Trinajstić information content (AvgIpc) is 2.38. The third-order valence-electron chi connectivity index (χ3n) is 4.23. The number of allylic oxidation sites excluding steroid dienone is 1. The van der Waals surface area contributed by atoms with E-state index in [1.165, 1.54) is 5.56 Å². The number of rotatable bonds is 7. The summed E-state index contributed by atoms with van der Waals surface area (Å²) in [6.45, 7) is 12.3. The molecule has 0 N–H and O–H groups in total. The van der Waals surface area contributed by atoms with Crippen molar-refractivity contribution in [2.75, 3.05) is 6.61 Å². The topological polar surface area (TPSA) is 9.23 Å². The molecule has 1 rings (SSSR count). The van der Waals surface area contributed by atoms with Crippen molar-refractivity contribution < 1.29 is 4.43 Å². The Morgan fingerprint density at radius 1 is 1.05 bits per heavy atom. The van der Waals surface area contributed by atoms with Crippen LogP contribution in [0.25, 0.3) is 0 Å². The zero-order valence-corrected chi connectivity index (χ0v) is 16.7. The lowest BCUT2D eigenvalue weighted by atomic mass is 10.1. The monoisotopic (exact) mass is 368 g/mol. The van der Waals surface area contributed by atoms with Crippen LogP contribution in [0, 0.1) is 0 Å². The summed E-state index contributed by atoms with van der Waals surface area (Å²) >= 11 is 3.46. The normalized spacial score (nSPS) is 13.0. The molecule has 1 aromatic rings. The molecule has 0 heterocycles. The Labute approximate surface area is 140 Å². The summed E-state index contributed by atoms with van der Waals surface area (Å²) in [5, 5.41) is 0.304. The second-order valence-corrected chi connectivity index (χ2v) is 12.8. The number of hydrogen-bond donors (Lipinski definition) is 0. The van der Waals surface area contributed by atoms with Gasteiger partial charge >= 0.3 is 0 Å². The molecule has 1 aromatic carbocycles. The van der Waals surface area contributed by atoms with E-state index in [1.54, 1.807) is 0 Å². The maximum absolute atomic E-state index is 6.15. The number of halogens is 1. The van der Waals surface area contributed by atoms with Crippen LogP contribution in [0.5, 0.6) is 0 Å². The molecule has 21 heavy (non-hydrogen) atoms. The van der Waals surface area contributed by atoms with Gasteiger partial charge in [-0.2, -0.15) is 0 Å². The van der Waals surface area contributed by atoms with Crippen molar-refractivity contribution in [1.29, 1.82) is 0 Å². The van der Waals surface area contributed by atoms with E-state index >= 15 is 0 Å². The molecule has 0 saturated carbocycles. The second kappa shape index (κ2) is 8.30. The van der Waals surface area contributed by atoms with Crippen molar-refractivity contribution in [3.63, 3.8) is 0 Å². The quantitative estimate of drug-likeness (QED) is 0.309. The van der Waals surface area contributed by atoms with Gasteiger partial charge in [-0.05, 0) is 55.1 Å². The lowest BCUT2D eigenvalue weighted by Gasteiger charge is -2.36. The Kier molecular flexibility index (Phi) is 7.38. The van der Waals surface area contributed by atoms with E-state index in [2.05, 4.69) is 86.2 Å². The Balaban J connectivity index is 2.20. The maximum atomic E-state index is 6.15. The summed E-state index contributed by atoms with van der Waals surface area (Å²) in [6, 6.07) is 8.56. The molecule has 0 unspecified atom stereocenters. The Morgan fingerprint density at radius 2 is 1.62 bits per heavy atom. The molecule has 3 heteroatoms. The minimum atomic E-state index is -1.57. The Hall–Kier alpha value is -0.383. The molecular weight excluding hydrogens is 340 g/mol. The first-order chi connectivity index (χ1) is 9.72. The van der Waals surface area contributed by atoms with Crippen LogP contribution in [-0.4, -0.2) is 14.9 Å². The van der Waals surface area contributed by atoms with Crippen molar-refractivity contribution in [3.05, 3.63) is 46.5 Å². The molecule has 0 radical (unpaired) electrons. The van der Waals surface area contributed by atoms with E-state index in [9.17, 15) is 0 Å². The van der Waals surface area contributed by atoms with Crippen molar-refractivity contribution in [3.8, 4) is 0 Å². The highest BCUT2D eigenvalue weighted by molar-refractivity contribution is 9.10. The fraction of sp³-hybridized carbons (Fsp3) is 0.556. The first-order valence-corrected chi connectivity index (χ1v) is 11.5. The summed E-state index contributed by atoms with van der Waals surface area (Å²) in [7, 11) is -1.57. The molecule has 0 bridgehead atoms. The summed E-state index contributed by atoms with van der Waals surface area (Å²) in [6.07, 6.45) is 7.75. The van der Waals surface area contributed by atoms with Gasteiger partial charge in [0.2, 0.25) is 0 Å². The van der Waals surface area contributed by atoms with Gasteiger partial charge in [0.25, 0.3) is 0 Å². The molecule has 0 saturated heterocycles. The fourth-order valence-electron chi connectivity index (χ4n) is 1.74. The summed E-state index contributed by atoms with van der Waals surface area (Å²) in [4.78, 5) is 0. The molecule has 0 spiro atoms. The molecule has 0 amide bonds. The third-order valence-corrected chi connectivity index (χ3v) is 9.30. The summed E-state index contributed by atoms with van der Waals surface area (Å²) in [5.41, 5.74) is 1.39. The standard InChI is InChI=1S/C18H29BrOSi/c1-18(2,3)21(4,5)20-15-9-7-6-8-10-16-11-13-17(19)14-12-16/h6-7,11-14H,8-10,15H2,1-5H3/b7-6+. The minimum Gasteiger partial charge on any atom is -0.417 e. The van der Waals surface area contributed by atoms with Crippen LogP contribution in [-0.2, 0) is 10.8 Å². The third kappa shape index (κ3) is 6.94. The molecule has 1 nitrogen and oxygen atoms in total. The molecule has 0 aromatic heterocycles. The first-order valence-electron chi connectivity index (χ1n) is 7.76. The van der Waals surface area contributed by atoms with Crippen LogP contribution in [0.1, 0.15) is 39.2 Å². The van der Waals surface area contributed by atoms with Crippen molar-refractivity contribution in [2.45, 2.75) is 58.2 Å². The van der Waals surface area contributed by atoms with E-state index in [-0.39, 0.29) is 0 Å². The van der Waals surface area contributed by atoms with Crippen LogP contribution in [0.15, 0.2) is 40.9 Å². The minimum absolute atomic E-state index is 0.304. The number of aryl methyl sites for hydroxylation is 1. The molecule has 0 aliphatic heterocycles. The van der Waals surface area contributed by atoms with Crippen LogP contribution >= 0.6 is 15.9 Å². The molecule has 0 atom stereocenters. The van der Waals surface area contributed by atoms with E-state index < -0.39 is 8.32 Å². The van der Waals surface area contributed by atoms with Crippen LogP contribution in [0.2, 0.25) is 18.1 Å². The molecule has 0 aliphatic carbocycles. The van der Waals surface area contributed by atoms with Crippen LogP contribution in [0.4, 0.5) is 0 Å². The van der Waals surface area contributed by atoms with Gasteiger partial charge in [-0.25, -0.2) is 0 Å². The van der Waals surface area contributed by atoms with Gasteiger partial charge in [0, 0.05) is 11.1 Å². The lowest BCUT2D eigenvalue weighted by Crippen LogP contribution is -2.40. The van der Waals surface area contributed by atoms with Crippen molar-refractivity contribution in [1.82, 2.24) is 0 Å². The largest absolute Gasteiger partial charge is 0.417 e. The van der Waals surface area contributed by atoms with Crippen molar-refractivity contribution >= 4 is 24.2 Å². The highest BCUT2D eigenvalue weighted by Crippen LogP contribution is 2.36. The van der Waals surface area contributed by atoms with Crippen LogP contribution < -0.4 is 0 Å². The highest BCUT2D eigenvalue weighted by atomic mass is 79.9. The van der Waals surface area contributed by atoms with Gasteiger partial charge < -0.3 is 4.43 Å². The van der Waals surface area contributed by atoms with E-state index in [0.717, 1.165) is 30.3 Å². The summed E-state index contributed by atoms with van der Waals surface area (Å²) in [5.74, 6) is 0. The fourth-order valence-corrected chi connectivity index (χ4v) is 3.06. The smallest absolute Gasteiger partial charge is 0.191 e. The zero-order chi connectivity index (χ0) is 15.9. The second-order valence-electron chi connectivity index (χ2n) is 7.03. The molecule has 0 aliphatic rings. The highest BCUT2D eigenvalue weighted by Gasteiger charge is 2.36.